The first-order valence-corrected chi connectivity index (χ1v) is 10.0. The largest absolute Gasteiger partial charge is 0.416 e. The van der Waals surface area contributed by atoms with Crippen LogP contribution in [0.4, 0.5) is 57.9 Å². The molecule has 0 saturated carbocycles. The fraction of sp³-hybridized carbons (Fsp3) is 0.136. The summed E-state index contributed by atoms with van der Waals surface area (Å²) in [5.74, 6) is -3.25. The van der Waals surface area contributed by atoms with Crippen LogP contribution in [-0.2, 0) is 18.0 Å². The van der Waals surface area contributed by atoms with Crippen LogP contribution in [0.5, 0.6) is 0 Å². The van der Waals surface area contributed by atoms with Crippen LogP contribution in [0.2, 0.25) is 0 Å². The second kappa shape index (κ2) is 8.69. The molecule has 0 amide bonds. The summed E-state index contributed by atoms with van der Waals surface area (Å²) in [6.07, 6.45) is -9.95. The third kappa shape index (κ3) is 5.16. The quantitative estimate of drug-likeness (QED) is 0.209. The standard InChI is InChI=1S/C22H13F8N5O2/c23-13-4-10(3-11(5-13)21(25,26)27)20(31)19(32-15-7-12(22(28,29)30)6-14(24)8-15)33-18-9-16(35(36)37)1-2-17(18)34-20/h1-9,34H,31H2,(H,32,33). The maximum atomic E-state index is 14.2. The molecule has 4 rings (SSSR count). The van der Waals surface area contributed by atoms with Gasteiger partial charge in [0.15, 0.2) is 11.5 Å². The second-order valence-electron chi connectivity index (χ2n) is 7.93. The summed E-state index contributed by atoms with van der Waals surface area (Å²) >= 11 is 0. The third-order valence-corrected chi connectivity index (χ3v) is 5.30. The fourth-order valence-electron chi connectivity index (χ4n) is 3.59. The zero-order valence-corrected chi connectivity index (χ0v) is 18.0. The van der Waals surface area contributed by atoms with Crippen molar-refractivity contribution in [3.63, 3.8) is 0 Å². The minimum atomic E-state index is -4.99. The number of nitro benzene ring substituents is 1. The number of hydrogen-bond acceptors (Lipinski definition) is 6. The Bertz CT molecular complexity index is 1440. The zero-order chi connectivity index (χ0) is 27.3. The van der Waals surface area contributed by atoms with Crippen LogP contribution in [0.1, 0.15) is 16.7 Å². The number of nitrogens with two attached hydrogens (primary N) is 1. The maximum absolute atomic E-state index is 14.2. The predicted octanol–water partition coefficient (Wildman–Crippen LogP) is 6.29. The average Bonchev–Trinajstić information content (AvgIpc) is 2.77. The first-order valence-electron chi connectivity index (χ1n) is 10.0. The molecule has 3 aromatic carbocycles. The van der Waals surface area contributed by atoms with Gasteiger partial charge in [0.1, 0.15) is 11.6 Å². The van der Waals surface area contributed by atoms with Gasteiger partial charge >= 0.3 is 12.4 Å². The smallest absolute Gasteiger partial charge is 0.356 e. The van der Waals surface area contributed by atoms with Gasteiger partial charge in [-0.25, -0.2) is 13.8 Å². The summed E-state index contributed by atoms with van der Waals surface area (Å²) in [7, 11) is 0. The van der Waals surface area contributed by atoms with Crippen molar-refractivity contribution in [2.24, 2.45) is 10.7 Å². The Morgan fingerprint density at radius 1 is 0.892 bits per heavy atom. The number of benzene rings is 3. The van der Waals surface area contributed by atoms with E-state index in [0.717, 1.165) is 18.2 Å². The third-order valence-electron chi connectivity index (χ3n) is 5.30. The van der Waals surface area contributed by atoms with Crippen molar-refractivity contribution in [3.8, 4) is 0 Å². The molecule has 1 atom stereocenters. The summed E-state index contributed by atoms with van der Waals surface area (Å²) < 4.78 is 108. The molecule has 1 heterocycles. The minimum absolute atomic E-state index is 0.0216. The number of nitro groups is 1. The Labute approximate surface area is 201 Å². The molecule has 0 aromatic heterocycles. The van der Waals surface area contributed by atoms with Gasteiger partial charge in [-0.15, -0.1) is 0 Å². The van der Waals surface area contributed by atoms with E-state index in [0.29, 0.717) is 24.3 Å². The first-order chi connectivity index (χ1) is 17.1. The highest BCUT2D eigenvalue weighted by Gasteiger charge is 2.41. The van der Waals surface area contributed by atoms with Crippen LogP contribution >= 0.6 is 0 Å². The minimum Gasteiger partial charge on any atom is -0.356 e. The molecular weight excluding hydrogens is 518 g/mol. The molecule has 1 aliphatic heterocycles. The van der Waals surface area contributed by atoms with Gasteiger partial charge in [0, 0.05) is 23.4 Å². The van der Waals surface area contributed by atoms with E-state index in [1.807, 2.05) is 0 Å². The van der Waals surface area contributed by atoms with E-state index in [-0.39, 0.29) is 23.5 Å². The number of alkyl halides is 6. The lowest BCUT2D eigenvalue weighted by Crippen LogP contribution is -2.55. The molecule has 0 fully saturated rings. The van der Waals surface area contributed by atoms with Crippen LogP contribution in [0.25, 0.3) is 0 Å². The summed E-state index contributed by atoms with van der Waals surface area (Å²) in [6, 6.07) is 5.82. The molecule has 1 aliphatic rings. The van der Waals surface area contributed by atoms with Crippen molar-refractivity contribution in [1.29, 1.82) is 0 Å². The summed E-state index contributed by atoms with van der Waals surface area (Å²) in [4.78, 5) is 14.4. The van der Waals surface area contributed by atoms with Gasteiger partial charge in [-0.3, -0.25) is 15.8 Å². The van der Waals surface area contributed by atoms with Crippen molar-refractivity contribution >= 4 is 28.6 Å². The summed E-state index contributed by atoms with van der Waals surface area (Å²) in [5.41, 5.74) is -0.557. The van der Waals surface area contributed by atoms with E-state index in [2.05, 4.69) is 15.6 Å². The Hall–Kier alpha value is -4.27. The molecule has 7 nitrogen and oxygen atoms in total. The number of hydrogen-bond donors (Lipinski definition) is 3. The lowest BCUT2D eigenvalue weighted by molar-refractivity contribution is -0.384. The number of rotatable bonds is 3. The Kier molecular flexibility index (Phi) is 6.06. The van der Waals surface area contributed by atoms with Gasteiger partial charge in [0.25, 0.3) is 5.69 Å². The van der Waals surface area contributed by atoms with Crippen molar-refractivity contribution in [1.82, 2.24) is 0 Å². The Morgan fingerprint density at radius 3 is 2.08 bits per heavy atom. The zero-order valence-electron chi connectivity index (χ0n) is 18.0. The van der Waals surface area contributed by atoms with Crippen molar-refractivity contribution in [3.05, 3.63) is 93.0 Å². The fourth-order valence-corrected chi connectivity index (χ4v) is 3.59. The number of aliphatic imine (C=N–C) groups is 1. The number of amidine groups is 1. The molecular formula is C22H13F8N5O2. The first kappa shape index (κ1) is 25.8. The van der Waals surface area contributed by atoms with Gasteiger partial charge in [0.05, 0.1) is 27.4 Å². The molecule has 15 heteroatoms. The number of nitrogens with one attached hydrogen (secondary N) is 2. The number of fused-ring (bicyclic) bond motifs is 1. The van der Waals surface area contributed by atoms with Gasteiger partial charge in [-0.05, 0) is 42.5 Å². The highest BCUT2D eigenvalue weighted by Crippen LogP contribution is 2.41. The molecule has 0 saturated heterocycles. The molecule has 0 bridgehead atoms. The molecule has 37 heavy (non-hydrogen) atoms. The van der Waals surface area contributed by atoms with Gasteiger partial charge in [0.2, 0.25) is 0 Å². The molecule has 4 N–H and O–H groups in total. The summed E-state index contributed by atoms with van der Waals surface area (Å²) in [5, 5.41) is 16.1. The van der Waals surface area contributed by atoms with Crippen molar-refractivity contribution in [2.45, 2.75) is 18.0 Å². The Balaban J connectivity index is 1.91. The van der Waals surface area contributed by atoms with Gasteiger partial charge in [-0.1, -0.05) is 0 Å². The van der Waals surface area contributed by atoms with Crippen LogP contribution in [0.3, 0.4) is 0 Å². The van der Waals surface area contributed by atoms with Crippen LogP contribution in [0, 0.1) is 21.7 Å². The number of halogens is 8. The monoisotopic (exact) mass is 531 g/mol. The number of anilines is 2. The molecule has 0 aliphatic carbocycles. The van der Waals surface area contributed by atoms with Crippen LogP contribution in [0.15, 0.2) is 59.6 Å². The molecule has 1 unspecified atom stereocenters. The van der Waals surface area contributed by atoms with Crippen LogP contribution in [-0.4, -0.2) is 10.8 Å². The normalized spacial score (nSPS) is 17.5. The second-order valence-corrected chi connectivity index (χ2v) is 7.93. The predicted molar refractivity (Wildman–Crippen MR) is 116 cm³/mol. The SMILES string of the molecule is NC1(c2cc(F)cc(C(F)(F)F)c2)Nc2ccc([N+](=O)[O-])cc2N=C1Nc1cc(F)cc(C(F)(F)F)c1. The highest BCUT2D eigenvalue weighted by molar-refractivity contribution is 6.08. The van der Waals surface area contributed by atoms with Crippen molar-refractivity contribution < 1.29 is 40.0 Å². The van der Waals surface area contributed by atoms with Gasteiger partial charge < -0.3 is 10.6 Å². The Morgan fingerprint density at radius 2 is 1.49 bits per heavy atom. The average molecular weight is 531 g/mol. The number of nitrogens with zero attached hydrogens (tertiary/aromatic N) is 2. The molecule has 3 aromatic rings. The maximum Gasteiger partial charge on any atom is 0.416 e. The van der Waals surface area contributed by atoms with Crippen molar-refractivity contribution in [2.75, 3.05) is 10.6 Å². The van der Waals surface area contributed by atoms with Crippen LogP contribution < -0.4 is 16.4 Å². The van der Waals surface area contributed by atoms with E-state index >= 15 is 0 Å². The van der Waals surface area contributed by atoms with E-state index in [9.17, 15) is 45.2 Å². The molecule has 194 valence electrons. The highest BCUT2D eigenvalue weighted by atomic mass is 19.4. The molecule has 0 radical (unpaired) electrons. The topological polar surface area (TPSA) is 106 Å². The van der Waals surface area contributed by atoms with E-state index in [4.69, 9.17) is 5.73 Å². The summed E-state index contributed by atoms with van der Waals surface area (Å²) in [6.45, 7) is 0. The lowest BCUT2D eigenvalue weighted by Gasteiger charge is -2.37. The van der Waals surface area contributed by atoms with Gasteiger partial charge in [-0.2, -0.15) is 26.3 Å². The number of non-ortho nitro benzene ring substituents is 1. The van der Waals surface area contributed by atoms with E-state index in [1.54, 1.807) is 0 Å². The molecule has 0 spiro atoms. The lowest BCUT2D eigenvalue weighted by atomic mass is 9.93. The van der Waals surface area contributed by atoms with E-state index < -0.39 is 68.5 Å². The van der Waals surface area contributed by atoms with E-state index in [1.165, 1.54) is 0 Å².